The highest BCUT2D eigenvalue weighted by molar-refractivity contribution is 6.51. The number of ether oxygens (including phenoxy) is 3. The minimum Gasteiger partial charge on any atom is -0.507 e. The number of hydrogen-bond acceptors (Lipinski definition) is 7. The molecule has 8 heteroatoms. The molecule has 8 nitrogen and oxygen atoms in total. The lowest BCUT2D eigenvalue weighted by Gasteiger charge is -2.25. The van der Waals surface area contributed by atoms with Gasteiger partial charge in [-0.15, -0.1) is 0 Å². The second-order valence-corrected chi connectivity index (χ2v) is 7.91. The van der Waals surface area contributed by atoms with E-state index in [9.17, 15) is 14.7 Å². The molecule has 1 N–H and O–H groups in total. The van der Waals surface area contributed by atoms with Crippen LogP contribution in [0.3, 0.4) is 0 Å². The molecule has 1 fully saturated rings. The molecule has 1 saturated heterocycles. The van der Waals surface area contributed by atoms with E-state index in [1.165, 1.54) is 4.90 Å². The number of pyridine rings is 1. The smallest absolute Gasteiger partial charge is 0.300 e. The van der Waals surface area contributed by atoms with Crippen LogP contribution >= 0.6 is 0 Å². The topological polar surface area (TPSA) is 98.2 Å². The fourth-order valence-electron chi connectivity index (χ4n) is 4.26. The van der Waals surface area contributed by atoms with E-state index in [2.05, 4.69) is 4.98 Å². The number of benzene rings is 2. The zero-order valence-electron chi connectivity index (χ0n) is 18.6. The summed E-state index contributed by atoms with van der Waals surface area (Å²) < 4.78 is 16.4. The number of amides is 1. The minimum atomic E-state index is -0.874. The number of aryl methyl sites for hydroxylation is 1. The number of Topliss-reactive ketones (excluding diaryl/α,β-unsaturated/α-hetero) is 1. The van der Waals surface area contributed by atoms with Gasteiger partial charge in [0, 0.05) is 29.7 Å². The van der Waals surface area contributed by atoms with Crippen molar-refractivity contribution >= 4 is 23.1 Å². The molecule has 2 aliphatic rings. The van der Waals surface area contributed by atoms with Crippen LogP contribution in [0.25, 0.3) is 5.76 Å². The molecule has 172 valence electrons. The van der Waals surface area contributed by atoms with Gasteiger partial charge in [-0.2, -0.15) is 0 Å². The second kappa shape index (κ2) is 8.55. The fraction of sp³-hybridized carbons (Fsp3) is 0.192. The van der Waals surface area contributed by atoms with E-state index < -0.39 is 17.7 Å². The van der Waals surface area contributed by atoms with Crippen molar-refractivity contribution in [3.05, 3.63) is 83.2 Å². The van der Waals surface area contributed by atoms with Crippen LogP contribution in [-0.4, -0.2) is 35.2 Å². The summed E-state index contributed by atoms with van der Waals surface area (Å²) in [6, 6.07) is 12.8. The quantitative estimate of drug-likeness (QED) is 0.349. The van der Waals surface area contributed by atoms with Crippen molar-refractivity contribution < 1.29 is 28.9 Å². The third-order valence-electron chi connectivity index (χ3n) is 5.83. The molecule has 3 heterocycles. The Bertz CT molecular complexity index is 1320. The van der Waals surface area contributed by atoms with Gasteiger partial charge in [0.1, 0.15) is 11.5 Å². The molecule has 2 aromatic carbocycles. The van der Waals surface area contributed by atoms with Crippen LogP contribution in [0.15, 0.2) is 66.5 Å². The number of anilines is 1. The van der Waals surface area contributed by atoms with Gasteiger partial charge in [-0.3, -0.25) is 19.5 Å². The van der Waals surface area contributed by atoms with Crippen molar-refractivity contribution in [1.29, 1.82) is 0 Å². The summed E-state index contributed by atoms with van der Waals surface area (Å²) in [5.41, 5.74) is 2.23. The Morgan fingerprint density at radius 2 is 1.97 bits per heavy atom. The largest absolute Gasteiger partial charge is 0.507 e. The van der Waals surface area contributed by atoms with E-state index in [0.717, 1.165) is 5.56 Å². The monoisotopic (exact) mass is 458 g/mol. The van der Waals surface area contributed by atoms with E-state index in [0.29, 0.717) is 40.7 Å². The Balaban J connectivity index is 1.66. The maximum absolute atomic E-state index is 13.3. The summed E-state index contributed by atoms with van der Waals surface area (Å²) in [6.45, 7) is 4.33. The average molecular weight is 458 g/mol. The fourth-order valence-corrected chi connectivity index (χ4v) is 4.26. The predicted octanol–water partition coefficient (Wildman–Crippen LogP) is 4.14. The molecule has 0 radical (unpaired) electrons. The van der Waals surface area contributed by atoms with Crippen molar-refractivity contribution in [2.45, 2.75) is 19.9 Å². The van der Waals surface area contributed by atoms with Crippen LogP contribution in [0.1, 0.15) is 29.7 Å². The van der Waals surface area contributed by atoms with Gasteiger partial charge in [-0.25, -0.2) is 0 Å². The number of nitrogens with zero attached hydrogens (tertiary/aromatic N) is 2. The van der Waals surface area contributed by atoms with Gasteiger partial charge in [0.15, 0.2) is 11.5 Å². The summed E-state index contributed by atoms with van der Waals surface area (Å²) in [5, 5.41) is 11.3. The first kappa shape index (κ1) is 21.5. The van der Waals surface area contributed by atoms with Gasteiger partial charge in [-0.1, -0.05) is 6.07 Å². The summed E-state index contributed by atoms with van der Waals surface area (Å²) in [5.74, 6) is -0.0765. The van der Waals surface area contributed by atoms with Crippen LogP contribution < -0.4 is 19.1 Å². The van der Waals surface area contributed by atoms with Crippen molar-refractivity contribution in [3.8, 4) is 17.2 Å². The Hall–Kier alpha value is -4.33. The highest BCUT2D eigenvalue weighted by Gasteiger charge is 2.47. The molecular formula is C26H22N2O6. The van der Waals surface area contributed by atoms with Crippen LogP contribution in [-0.2, 0) is 9.59 Å². The number of aliphatic hydroxyl groups is 1. The Morgan fingerprint density at radius 3 is 2.71 bits per heavy atom. The first-order chi connectivity index (χ1) is 16.5. The molecule has 1 aromatic heterocycles. The molecule has 1 amide bonds. The van der Waals surface area contributed by atoms with Gasteiger partial charge in [0.05, 0.1) is 18.2 Å². The molecular weight excluding hydrogens is 436 g/mol. The summed E-state index contributed by atoms with van der Waals surface area (Å²) >= 11 is 0. The lowest BCUT2D eigenvalue weighted by atomic mass is 9.95. The van der Waals surface area contributed by atoms with Crippen molar-refractivity contribution in [1.82, 2.24) is 4.98 Å². The van der Waals surface area contributed by atoms with E-state index >= 15 is 0 Å². The number of fused-ring (bicyclic) bond motifs is 1. The van der Waals surface area contributed by atoms with Crippen molar-refractivity contribution in [2.75, 3.05) is 18.3 Å². The summed E-state index contributed by atoms with van der Waals surface area (Å²) in [7, 11) is 0. The number of carbonyl (C=O) groups excluding carboxylic acids is 2. The Morgan fingerprint density at radius 1 is 1.15 bits per heavy atom. The van der Waals surface area contributed by atoms with Gasteiger partial charge in [0.25, 0.3) is 11.7 Å². The zero-order chi connectivity index (χ0) is 23.8. The van der Waals surface area contributed by atoms with Gasteiger partial charge in [0.2, 0.25) is 6.79 Å². The molecule has 34 heavy (non-hydrogen) atoms. The number of hydrogen-bond donors (Lipinski definition) is 1. The third-order valence-corrected chi connectivity index (χ3v) is 5.83. The van der Waals surface area contributed by atoms with Crippen molar-refractivity contribution in [2.24, 2.45) is 0 Å². The van der Waals surface area contributed by atoms with E-state index in [1.54, 1.807) is 60.9 Å². The third kappa shape index (κ3) is 3.53. The van der Waals surface area contributed by atoms with Crippen LogP contribution in [0.2, 0.25) is 0 Å². The standard InChI is InChI=1S/C26H22N2O6/c1-3-32-19-8-6-16(11-15(19)2)24(29)22-23(17-5-4-10-27-13-17)28(26(31)25(22)30)18-7-9-20-21(12-18)34-14-33-20/h4-13,23,29H,3,14H2,1-2H3/b24-22+. The van der Waals surface area contributed by atoms with Crippen molar-refractivity contribution in [3.63, 3.8) is 0 Å². The highest BCUT2D eigenvalue weighted by atomic mass is 16.7. The molecule has 1 unspecified atom stereocenters. The van der Waals surface area contributed by atoms with Gasteiger partial charge < -0.3 is 19.3 Å². The van der Waals surface area contributed by atoms with E-state index in [1.807, 2.05) is 13.8 Å². The lowest BCUT2D eigenvalue weighted by molar-refractivity contribution is -0.132. The van der Waals surface area contributed by atoms with Gasteiger partial charge >= 0.3 is 0 Å². The lowest BCUT2D eigenvalue weighted by Crippen LogP contribution is -2.29. The molecule has 2 aliphatic heterocycles. The molecule has 0 saturated carbocycles. The molecule has 3 aromatic rings. The minimum absolute atomic E-state index is 0.0146. The highest BCUT2D eigenvalue weighted by Crippen LogP contribution is 2.44. The number of carbonyl (C=O) groups is 2. The van der Waals surface area contributed by atoms with Gasteiger partial charge in [-0.05, 0) is 61.4 Å². The summed E-state index contributed by atoms with van der Waals surface area (Å²) in [4.78, 5) is 32.0. The number of rotatable bonds is 5. The maximum atomic E-state index is 13.3. The molecule has 5 rings (SSSR count). The molecule has 0 bridgehead atoms. The molecule has 1 atom stereocenters. The van der Waals surface area contributed by atoms with Crippen LogP contribution in [0, 0.1) is 6.92 Å². The number of ketones is 1. The first-order valence-electron chi connectivity index (χ1n) is 10.8. The number of aromatic nitrogens is 1. The van der Waals surface area contributed by atoms with Crippen LogP contribution in [0.4, 0.5) is 5.69 Å². The molecule has 0 aliphatic carbocycles. The van der Waals surface area contributed by atoms with E-state index in [4.69, 9.17) is 14.2 Å². The normalized spacial score (nSPS) is 18.4. The summed E-state index contributed by atoms with van der Waals surface area (Å²) in [6.07, 6.45) is 3.18. The first-order valence-corrected chi connectivity index (χ1v) is 10.8. The SMILES string of the molecule is CCOc1ccc(/C(O)=C2\C(=O)C(=O)N(c3ccc4c(c3)OCO4)C2c2cccnc2)cc1C. The maximum Gasteiger partial charge on any atom is 0.300 e. The second-order valence-electron chi connectivity index (χ2n) is 7.91. The van der Waals surface area contributed by atoms with E-state index in [-0.39, 0.29) is 18.1 Å². The molecule has 0 spiro atoms. The number of aliphatic hydroxyl groups excluding tert-OH is 1. The van der Waals surface area contributed by atoms with Crippen LogP contribution in [0.5, 0.6) is 17.2 Å². The average Bonchev–Trinajstić information content (AvgIpc) is 3.42. The zero-order valence-corrected chi connectivity index (χ0v) is 18.6. The Labute approximate surface area is 196 Å². The Kier molecular flexibility index (Phi) is 5.41. The predicted molar refractivity (Wildman–Crippen MR) is 124 cm³/mol.